The number of carbonyl (C=O) groups excluding carboxylic acids is 1. The molecule has 1 aliphatic rings. The summed E-state index contributed by atoms with van der Waals surface area (Å²) in [5.41, 5.74) is 2.54. The summed E-state index contributed by atoms with van der Waals surface area (Å²) in [5.74, 6) is 0.823. The van der Waals surface area contributed by atoms with Gasteiger partial charge >= 0.3 is 6.09 Å². The summed E-state index contributed by atoms with van der Waals surface area (Å²) in [6.45, 7) is 0.238. The quantitative estimate of drug-likeness (QED) is 0.765. The number of nitrogens with zero attached hydrogens (tertiary/aromatic N) is 3. The first-order valence-corrected chi connectivity index (χ1v) is 8.27. The molecule has 1 heterocycles. The molecule has 126 valence electrons. The Bertz CT molecular complexity index is 872. The maximum Gasteiger partial charge on any atom is 0.411 e. The van der Waals surface area contributed by atoms with Crippen molar-refractivity contribution in [3.05, 3.63) is 66.5 Å². The van der Waals surface area contributed by atoms with Crippen LogP contribution in [0.1, 0.15) is 24.4 Å². The standard InChI is InChI=1S/C19H18N4O2/c24-19(25-12-14-5-2-1-3-6-14)21-16-8-4-7-15(11-16)18-22-20-13-23(18)17-9-10-17/h1-8,11,13,17H,9-10,12H2,(H,21,24). The van der Waals surface area contributed by atoms with Gasteiger partial charge in [-0.15, -0.1) is 10.2 Å². The third-order valence-electron chi connectivity index (χ3n) is 4.09. The number of rotatable bonds is 5. The average Bonchev–Trinajstić information content (AvgIpc) is 3.37. The molecule has 0 saturated heterocycles. The fourth-order valence-electron chi connectivity index (χ4n) is 2.68. The number of nitrogens with one attached hydrogen (secondary N) is 1. The van der Waals surface area contributed by atoms with Gasteiger partial charge in [0.05, 0.1) is 0 Å². The third kappa shape index (κ3) is 3.68. The van der Waals surface area contributed by atoms with Crippen molar-refractivity contribution < 1.29 is 9.53 Å². The lowest BCUT2D eigenvalue weighted by Crippen LogP contribution is -2.13. The van der Waals surface area contributed by atoms with Crippen LogP contribution in [0.5, 0.6) is 0 Å². The van der Waals surface area contributed by atoms with E-state index in [-0.39, 0.29) is 6.61 Å². The van der Waals surface area contributed by atoms with Gasteiger partial charge in [-0.25, -0.2) is 4.79 Å². The first kappa shape index (κ1) is 15.4. The second-order valence-corrected chi connectivity index (χ2v) is 6.06. The first-order valence-electron chi connectivity index (χ1n) is 8.27. The Balaban J connectivity index is 1.42. The van der Waals surface area contributed by atoms with E-state index in [1.807, 2.05) is 54.6 Å². The summed E-state index contributed by atoms with van der Waals surface area (Å²) < 4.78 is 7.34. The Kier molecular flexibility index (Phi) is 4.16. The molecule has 6 nitrogen and oxygen atoms in total. The molecule has 1 aromatic heterocycles. The Hall–Kier alpha value is -3.15. The van der Waals surface area contributed by atoms with Crippen LogP contribution >= 0.6 is 0 Å². The fourth-order valence-corrected chi connectivity index (χ4v) is 2.68. The van der Waals surface area contributed by atoms with Gasteiger partial charge in [-0.05, 0) is 30.5 Å². The summed E-state index contributed by atoms with van der Waals surface area (Å²) in [6, 6.07) is 17.6. The van der Waals surface area contributed by atoms with Gasteiger partial charge in [0.2, 0.25) is 0 Å². The van der Waals surface area contributed by atoms with Crippen molar-refractivity contribution in [1.82, 2.24) is 14.8 Å². The Morgan fingerprint density at radius 2 is 2.00 bits per heavy atom. The van der Waals surface area contributed by atoms with E-state index in [0.29, 0.717) is 11.7 Å². The largest absolute Gasteiger partial charge is 0.444 e. The van der Waals surface area contributed by atoms with E-state index in [4.69, 9.17) is 4.74 Å². The molecule has 25 heavy (non-hydrogen) atoms. The number of amides is 1. The van der Waals surface area contributed by atoms with Crippen LogP contribution in [0.25, 0.3) is 11.4 Å². The smallest absolute Gasteiger partial charge is 0.411 e. The summed E-state index contributed by atoms with van der Waals surface area (Å²) in [5, 5.41) is 11.0. The summed E-state index contributed by atoms with van der Waals surface area (Å²) in [7, 11) is 0. The van der Waals surface area contributed by atoms with E-state index in [2.05, 4.69) is 20.1 Å². The van der Waals surface area contributed by atoms with Crippen molar-refractivity contribution in [3.8, 4) is 11.4 Å². The topological polar surface area (TPSA) is 69.0 Å². The number of aromatic nitrogens is 3. The minimum absolute atomic E-state index is 0.238. The van der Waals surface area contributed by atoms with E-state index >= 15 is 0 Å². The molecule has 0 atom stereocenters. The van der Waals surface area contributed by atoms with Gasteiger partial charge in [0, 0.05) is 17.3 Å². The molecule has 0 radical (unpaired) electrons. The number of ether oxygens (including phenoxy) is 1. The molecule has 3 aromatic rings. The van der Waals surface area contributed by atoms with Crippen LogP contribution in [-0.2, 0) is 11.3 Å². The lowest BCUT2D eigenvalue weighted by molar-refractivity contribution is 0.155. The number of hydrogen-bond acceptors (Lipinski definition) is 4. The van der Waals surface area contributed by atoms with Gasteiger partial charge in [0.25, 0.3) is 0 Å². The van der Waals surface area contributed by atoms with Crippen LogP contribution < -0.4 is 5.32 Å². The lowest BCUT2D eigenvalue weighted by atomic mass is 10.2. The van der Waals surface area contributed by atoms with Crippen molar-refractivity contribution >= 4 is 11.8 Å². The van der Waals surface area contributed by atoms with E-state index < -0.39 is 6.09 Å². The zero-order valence-electron chi connectivity index (χ0n) is 13.6. The number of hydrogen-bond donors (Lipinski definition) is 1. The Morgan fingerprint density at radius 3 is 2.80 bits per heavy atom. The number of anilines is 1. The summed E-state index contributed by atoms with van der Waals surface area (Å²) in [4.78, 5) is 12.0. The Labute approximate surface area is 145 Å². The maximum absolute atomic E-state index is 12.0. The molecule has 0 bridgehead atoms. The Morgan fingerprint density at radius 1 is 1.16 bits per heavy atom. The molecule has 1 saturated carbocycles. The van der Waals surface area contributed by atoms with Crippen LogP contribution in [0, 0.1) is 0 Å². The maximum atomic E-state index is 12.0. The van der Waals surface area contributed by atoms with Crippen LogP contribution in [-0.4, -0.2) is 20.9 Å². The molecule has 1 amide bonds. The minimum atomic E-state index is -0.482. The molecule has 1 aliphatic carbocycles. The molecule has 2 aromatic carbocycles. The highest BCUT2D eigenvalue weighted by Crippen LogP contribution is 2.37. The van der Waals surface area contributed by atoms with Crippen molar-refractivity contribution in [2.45, 2.75) is 25.5 Å². The van der Waals surface area contributed by atoms with Gasteiger partial charge in [-0.3, -0.25) is 5.32 Å². The minimum Gasteiger partial charge on any atom is -0.444 e. The van der Waals surface area contributed by atoms with Gasteiger partial charge in [-0.1, -0.05) is 42.5 Å². The van der Waals surface area contributed by atoms with Crippen LogP contribution in [0.4, 0.5) is 10.5 Å². The molecule has 4 rings (SSSR count). The van der Waals surface area contributed by atoms with Gasteiger partial charge in [-0.2, -0.15) is 0 Å². The molecule has 1 fully saturated rings. The molecule has 0 unspecified atom stereocenters. The summed E-state index contributed by atoms with van der Waals surface area (Å²) >= 11 is 0. The fraction of sp³-hybridized carbons (Fsp3) is 0.211. The van der Waals surface area contributed by atoms with E-state index in [1.165, 1.54) is 0 Å². The zero-order chi connectivity index (χ0) is 17.1. The molecule has 0 aliphatic heterocycles. The highest BCUT2D eigenvalue weighted by molar-refractivity contribution is 5.85. The molecule has 0 spiro atoms. The van der Waals surface area contributed by atoms with Crippen molar-refractivity contribution in [2.75, 3.05) is 5.32 Å². The predicted octanol–water partition coefficient (Wildman–Crippen LogP) is 4.03. The van der Waals surface area contributed by atoms with E-state index in [0.717, 1.165) is 29.8 Å². The highest BCUT2D eigenvalue weighted by Gasteiger charge is 2.26. The SMILES string of the molecule is O=C(Nc1cccc(-c2nncn2C2CC2)c1)OCc1ccccc1. The monoisotopic (exact) mass is 334 g/mol. The molecular weight excluding hydrogens is 316 g/mol. The number of carbonyl (C=O) groups is 1. The molecule has 6 heteroatoms. The summed E-state index contributed by atoms with van der Waals surface area (Å²) in [6.07, 6.45) is 3.61. The van der Waals surface area contributed by atoms with Crippen molar-refractivity contribution in [2.24, 2.45) is 0 Å². The van der Waals surface area contributed by atoms with Gasteiger partial charge in [0.15, 0.2) is 5.82 Å². The van der Waals surface area contributed by atoms with Crippen LogP contribution in [0.3, 0.4) is 0 Å². The predicted molar refractivity (Wildman–Crippen MR) is 94.0 cm³/mol. The average molecular weight is 334 g/mol. The van der Waals surface area contributed by atoms with Crippen LogP contribution in [0.2, 0.25) is 0 Å². The highest BCUT2D eigenvalue weighted by atomic mass is 16.5. The second kappa shape index (κ2) is 6.76. The molecule has 1 N–H and O–H groups in total. The second-order valence-electron chi connectivity index (χ2n) is 6.06. The zero-order valence-corrected chi connectivity index (χ0v) is 13.6. The van der Waals surface area contributed by atoms with Crippen molar-refractivity contribution in [3.63, 3.8) is 0 Å². The van der Waals surface area contributed by atoms with Crippen LogP contribution in [0.15, 0.2) is 60.9 Å². The van der Waals surface area contributed by atoms with Gasteiger partial charge in [0.1, 0.15) is 12.9 Å². The first-order chi connectivity index (χ1) is 12.3. The van der Waals surface area contributed by atoms with E-state index in [9.17, 15) is 4.79 Å². The molecular formula is C19H18N4O2. The number of benzene rings is 2. The van der Waals surface area contributed by atoms with E-state index in [1.54, 1.807) is 6.33 Å². The normalized spacial score (nSPS) is 13.4. The third-order valence-corrected chi connectivity index (χ3v) is 4.09. The van der Waals surface area contributed by atoms with Crippen molar-refractivity contribution in [1.29, 1.82) is 0 Å². The van der Waals surface area contributed by atoms with Gasteiger partial charge < -0.3 is 9.30 Å². The lowest BCUT2D eigenvalue weighted by Gasteiger charge is -2.09.